The molecule has 2 nitrogen and oxygen atoms in total. The third kappa shape index (κ3) is 5.00. The summed E-state index contributed by atoms with van der Waals surface area (Å²) in [6.07, 6.45) is 24.3. The molecule has 0 N–H and O–H groups in total. The average Bonchev–Trinajstić information content (AvgIpc) is 3.31. The van der Waals surface area contributed by atoms with E-state index in [9.17, 15) is 0 Å². The van der Waals surface area contributed by atoms with Gasteiger partial charge < -0.3 is 0 Å². The molecule has 1 aromatic heterocycles. The molecule has 4 aromatic rings. The number of allylic oxidation sites excluding steroid dienone is 1. The van der Waals surface area contributed by atoms with Gasteiger partial charge in [-0.25, -0.2) is 0 Å². The summed E-state index contributed by atoms with van der Waals surface area (Å²) in [4.78, 5) is 11.0. The standard InChI is InChI=1S/C43H46N2/c1-2-10-28(11-3-1)40-24-21-29-18-19-30-22-25-41(45-43(30)42(29)44-40)33-20-23-38(34-14-6-4-12-31(34)26-33)39-27-32-13-5-7-15-35(32)36-16-8-9-17-37(36)39/h5,7-9,13,15-18,21-22,24-25,27-28,30-31,33-34,38H,1-4,6,10-12,14,19-20,23,26H2. The first kappa shape index (κ1) is 27.8. The topological polar surface area (TPSA) is 25.2 Å². The lowest BCUT2D eigenvalue weighted by molar-refractivity contribution is 0.198. The van der Waals surface area contributed by atoms with Crippen molar-refractivity contribution < 1.29 is 0 Å². The van der Waals surface area contributed by atoms with Gasteiger partial charge in [-0.1, -0.05) is 111 Å². The number of aliphatic imine (C=N–C) groups is 1. The van der Waals surface area contributed by atoms with E-state index in [-0.39, 0.29) is 0 Å². The van der Waals surface area contributed by atoms with Gasteiger partial charge in [0.1, 0.15) is 0 Å². The Kier molecular flexibility index (Phi) is 7.21. The molecule has 45 heavy (non-hydrogen) atoms. The highest BCUT2D eigenvalue weighted by atomic mass is 14.8. The normalized spacial score (nSPS) is 28.5. The van der Waals surface area contributed by atoms with Gasteiger partial charge in [-0.2, -0.15) is 0 Å². The minimum atomic E-state index is 0.375. The van der Waals surface area contributed by atoms with E-state index >= 15 is 0 Å². The Morgan fingerprint density at radius 1 is 0.667 bits per heavy atom. The molecule has 4 aliphatic carbocycles. The van der Waals surface area contributed by atoms with E-state index in [1.54, 1.807) is 5.56 Å². The van der Waals surface area contributed by atoms with Crippen LogP contribution >= 0.6 is 0 Å². The van der Waals surface area contributed by atoms with Crippen molar-refractivity contribution in [2.24, 2.45) is 28.7 Å². The maximum atomic E-state index is 5.59. The monoisotopic (exact) mass is 590 g/mol. The predicted molar refractivity (Wildman–Crippen MR) is 189 cm³/mol. The maximum Gasteiger partial charge on any atom is 0.0923 e. The third-order valence-corrected chi connectivity index (χ3v) is 12.4. The summed E-state index contributed by atoms with van der Waals surface area (Å²) in [6, 6.07) is 25.5. The molecule has 3 aromatic carbocycles. The van der Waals surface area contributed by atoms with Crippen molar-refractivity contribution in [2.45, 2.75) is 95.3 Å². The van der Waals surface area contributed by atoms with Crippen molar-refractivity contribution in [3.63, 3.8) is 0 Å². The first-order valence-electron chi connectivity index (χ1n) is 18.2. The zero-order valence-electron chi connectivity index (χ0n) is 26.6. The Balaban J connectivity index is 1.10. The zero-order valence-corrected chi connectivity index (χ0v) is 26.6. The molecule has 228 valence electrons. The van der Waals surface area contributed by atoms with Crippen molar-refractivity contribution in [3.8, 4) is 0 Å². The molecule has 5 unspecified atom stereocenters. The highest BCUT2D eigenvalue weighted by Crippen LogP contribution is 2.51. The molecule has 3 fully saturated rings. The van der Waals surface area contributed by atoms with Crippen LogP contribution < -0.4 is 10.6 Å². The summed E-state index contributed by atoms with van der Waals surface area (Å²) < 4.78 is 0. The number of rotatable bonds is 3. The van der Waals surface area contributed by atoms with Gasteiger partial charge >= 0.3 is 0 Å². The Labute approximate surface area is 268 Å². The fourth-order valence-corrected chi connectivity index (χ4v) is 10.1. The molecule has 2 heteroatoms. The quantitative estimate of drug-likeness (QED) is 0.218. The third-order valence-electron chi connectivity index (χ3n) is 12.4. The Morgan fingerprint density at radius 2 is 1.47 bits per heavy atom. The molecule has 0 amide bonds. The Bertz CT molecular complexity index is 1940. The van der Waals surface area contributed by atoms with Gasteiger partial charge in [0.25, 0.3) is 0 Å². The number of fused-ring (bicyclic) bond motifs is 6. The lowest BCUT2D eigenvalue weighted by atomic mass is 9.68. The number of hydrogen-bond acceptors (Lipinski definition) is 2. The van der Waals surface area contributed by atoms with Gasteiger partial charge in [0.15, 0.2) is 0 Å². The molecular formula is C43H46N2. The van der Waals surface area contributed by atoms with E-state index < -0.39 is 0 Å². The van der Waals surface area contributed by atoms with Crippen LogP contribution in [0.5, 0.6) is 0 Å². The van der Waals surface area contributed by atoms with Crippen LogP contribution in [0, 0.1) is 23.7 Å². The number of pyridine rings is 1. The van der Waals surface area contributed by atoms with Crippen LogP contribution in [0.2, 0.25) is 0 Å². The van der Waals surface area contributed by atoms with Gasteiger partial charge in [-0.05, 0) is 107 Å². The highest BCUT2D eigenvalue weighted by Gasteiger charge is 2.39. The summed E-state index contributed by atoms with van der Waals surface area (Å²) >= 11 is 0. The van der Waals surface area contributed by atoms with Crippen LogP contribution in [0.15, 0.2) is 83.9 Å². The first-order valence-corrected chi connectivity index (χ1v) is 18.2. The van der Waals surface area contributed by atoms with Crippen molar-refractivity contribution in [2.75, 3.05) is 0 Å². The second-order valence-electron chi connectivity index (χ2n) is 14.9. The molecule has 1 aliphatic heterocycles. The minimum Gasteiger partial charge on any atom is -0.255 e. The lowest BCUT2D eigenvalue weighted by Gasteiger charge is -2.37. The van der Waals surface area contributed by atoms with Crippen LogP contribution in [0.1, 0.15) is 107 Å². The van der Waals surface area contributed by atoms with Gasteiger partial charge in [0.05, 0.1) is 11.0 Å². The molecule has 5 aliphatic rings. The van der Waals surface area contributed by atoms with Gasteiger partial charge in [0, 0.05) is 29.2 Å². The summed E-state index contributed by atoms with van der Waals surface area (Å²) in [6.45, 7) is 0. The molecule has 5 atom stereocenters. The largest absolute Gasteiger partial charge is 0.255 e. The van der Waals surface area contributed by atoms with Crippen molar-refractivity contribution in [3.05, 3.63) is 101 Å². The number of dihydropyridines is 1. The second kappa shape index (κ2) is 11.7. The molecule has 9 rings (SSSR count). The van der Waals surface area contributed by atoms with Crippen molar-refractivity contribution in [1.82, 2.24) is 4.98 Å². The van der Waals surface area contributed by atoms with E-state index in [0.29, 0.717) is 23.7 Å². The molecule has 0 saturated heterocycles. The summed E-state index contributed by atoms with van der Waals surface area (Å²) in [5.41, 5.74) is 5.51. The van der Waals surface area contributed by atoms with E-state index in [4.69, 9.17) is 9.98 Å². The fourth-order valence-electron chi connectivity index (χ4n) is 10.1. The van der Waals surface area contributed by atoms with E-state index in [1.165, 1.54) is 126 Å². The average molecular weight is 591 g/mol. The molecule has 0 radical (unpaired) electrons. The van der Waals surface area contributed by atoms with Crippen LogP contribution in [0.25, 0.3) is 33.3 Å². The van der Waals surface area contributed by atoms with E-state index in [0.717, 1.165) is 18.3 Å². The second-order valence-corrected chi connectivity index (χ2v) is 14.9. The minimum absolute atomic E-state index is 0.375. The zero-order chi connectivity index (χ0) is 29.7. The molecule has 3 saturated carbocycles. The summed E-state index contributed by atoms with van der Waals surface area (Å²) in [5, 5.41) is 8.17. The molecule has 0 bridgehead atoms. The van der Waals surface area contributed by atoms with Crippen LogP contribution in [-0.2, 0) is 0 Å². The molecular weight excluding hydrogens is 544 g/mol. The van der Waals surface area contributed by atoms with Gasteiger partial charge in [-0.3, -0.25) is 9.98 Å². The van der Waals surface area contributed by atoms with Crippen LogP contribution in [0.4, 0.5) is 0 Å². The highest BCUT2D eigenvalue weighted by molar-refractivity contribution is 6.09. The molecule has 0 spiro atoms. The molecule has 2 heterocycles. The van der Waals surface area contributed by atoms with Crippen molar-refractivity contribution >= 4 is 39.0 Å². The number of benzene rings is 3. The number of aromatic nitrogens is 1. The van der Waals surface area contributed by atoms with Gasteiger partial charge in [0.2, 0.25) is 0 Å². The SMILES string of the molecule is C1=CC2CC=c3ccc(C4CCCCC4)nc3=C2N=C1C1CCC(c2cc3ccccc3c3ccccc23)C2CCCCC2C1. The van der Waals surface area contributed by atoms with E-state index in [2.05, 4.69) is 85.0 Å². The summed E-state index contributed by atoms with van der Waals surface area (Å²) in [7, 11) is 0. The smallest absolute Gasteiger partial charge is 0.0923 e. The predicted octanol–water partition coefficient (Wildman–Crippen LogP) is 9.75. The van der Waals surface area contributed by atoms with Crippen LogP contribution in [-0.4, -0.2) is 10.7 Å². The first-order chi connectivity index (χ1) is 22.3. The Morgan fingerprint density at radius 3 is 2.38 bits per heavy atom. The van der Waals surface area contributed by atoms with Crippen molar-refractivity contribution in [1.29, 1.82) is 0 Å². The number of hydrogen-bond donors (Lipinski definition) is 0. The van der Waals surface area contributed by atoms with E-state index in [1.807, 2.05) is 0 Å². The summed E-state index contributed by atoms with van der Waals surface area (Å²) in [5.74, 6) is 3.71. The van der Waals surface area contributed by atoms with Gasteiger partial charge in [-0.15, -0.1) is 0 Å². The maximum absolute atomic E-state index is 5.59. The van der Waals surface area contributed by atoms with Crippen LogP contribution in [0.3, 0.4) is 0 Å². The number of nitrogens with zero attached hydrogens (tertiary/aromatic N) is 2. The Hall–Kier alpha value is -3.52. The lowest BCUT2D eigenvalue weighted by Crippen LogP contribution is -2.37. The fraction of sp³-hybridized carbons (Fsp3) is 0.442.